The lowest BCUT2D eigenvalue weighted by atomic mass is 10.1. The van der Waals surface area contributed by atoms with Crippen LogP contribution in [0.5, 0.6) is 0 Å². The highest BCUT2D eigenvalue weighted by molar-refractivity contribution is 9.10. The van der Waals surface area contributed by atoms with Gasteiger partial charge in [0.05, 0.1) is 0 Å². The van der Waals surface area contributed by atoms with Crippen molar-refractivity contribution in [2.75, 3.05) is 0 Å². The van der Waals surface area contributed by atoms with Crippen LogP contribution in [0.3, 0.4) is 0 Å². The van der Waals surface area contributed by atoms with Crippen molar-refractivity contribution >= 4 is 27.3 Å². The average Bonchev–Trinajstić information content (AvgIpc) is 2.53. The third-order valence-corrected chi connectivity index (χ3v) is 3.31. The van der Waals surface area contributed by atoms with Crippen molar-refractivity contribution < 1.29 is 0 Å². The highest BCUT2D eigenvalue weighted by Crippen LogP contribution is 2.30. The molecule has 12 heavy (non-hydrogen) atoms. The second kappa shape index (κ2) is 3.37. The summed E-state index contributed by atoms with van der Waals surface area (Å²) in [7, 11) is 0. The van der Waals surface area contributed by atoms with Gasteiger partial charge in [0.15, 0.2) is 0 Å². The molecule has 0 fully saturated rings. The molecule has 3 heteroatoms. The lowest BCUT2D eigenvalue weighted by molar-refractivity contribution is 1.33. The van der Waals surface area contributed by atoms with E-state index >= 15 is 0 Å². The number of hydrogen-bond acceptors (Lipinski definition) is 2. The van der Waals surface area contributed by atoms with Gasteiger partial charge in [0, 0.05) is 27.8 Å². The van der Waals surface area contributed by atoms with Crippen LogP contribution in [0.25, 0.3) is 11.1 Å². The third-order valence-electron chi connectivity index (χ3n) is 1.61. The van der Waals surface area contributed by atoms with Gasteiger partial charge in [-0.1, -0.05) is 0 Å². The molecule has 2 aromatic rings. The number of aromatic nitrogens is 1. The summed E-state index contributed by atoms with van der Waals surface area (Å²) in [5.74, 6) is 0. The minimum Gasteiger partial charge on any atom is -0.265 e. The number of halogens is 1. The lowest BCUT2D eigenvalue weighted by Crippen LogP contribution is -1.74. The van der Waals surface area contributed by atoms with Gasteiger partial charge < -0.3 is 0 Å². The largest absolute Gasteiger partial charge is 0.265 e. The van der Waals surface area contributed by atoms with Gasteiger partial charge in [-0.05, 0) is 39.0 Å². The lowest BCUT2D eigenvalue weighted by Gasteiger charge is -1.96. The Morgan fingerprint density at radius 1 is 1.17 bits per heavy atom. The molecule has 0 amide bonds. The Bertz CT molecular complexity index is 369. The smallest absolute Gasteiger partial charge is 0.0360 e. The molecule has 0 spiro atoms. The molecule has 2 aromatic heterocycles. The minimum absolute atomic E-state index is 1.15. The van der Waals surface area contributed by atoms with Gasteiger partial charge >= 0.3 is 0 Å². The second-order valence-corrected chi connectivity index (χ2v) is 3.97. The second-order valence-electron chi connectivity index (χ2n) is 2.37. The average molecular weight is 240 g/mol. The Morgan fingerprint density at radius 2 is 1.92 bits per heavy atom. The van der Waals surface area contributed by atoms with Gasteiger partial charge in [-0.3, -0.25) is 4.98 Å². The Labute approximate surface area is 83.2 Å². The summed E-state index contributed by atoms with van der Waals surface area (Å²) in [6, 6.07) is 4.01. The van der Waals surface area contributed by atoms with Crippen molar-refractivity contribution in [1.82, 2.24) is 4.98 Å². The van der Waals surface area contributed by atoms with E-state index in [0.717, 1.165) is 4.47 Å². The van der Waals surface area contributed by atoms with Crippen LogP contribution >= 0.6 is 27.3 Å². The Kier molecular flexibility index (Phi) is 2.23. The van der Waals surface area contributed by atoms with Crippen molar-refractivity contribution in [3.8, 4) is 11.1 Å². The molecule has 0 aromatic carbocycles. The van der Waals surface area contributed by atoms with Crippen molar-refractivity contribution in [2.24, 2.45) is 0 Å². The van der Waals surface area contributed by atoms with E-state index < -0.39 is 0 Å². The Morgan fingerprint density at radius 3 is 2.50 bits per heavy atom. The molecule has 0 radical (unpaired) electrons. The molecule has 2 heterocycles. The molecule has 0 aliphatic carbocycles. The maximum Gasteiger partial charge on any atom is 0.0360 e. The summed E-state index contributed by atoms with van der Waals surface area (Å²) < 4.78 is 1.15. The quantitative estimate of drug-likeness (QED) is 0.742. The summed E-state index contributed by atoms with van der Waals surface area (Å²) in [6.07, 6.45) is 3.61. The topological polar surface area (TPSA) is 12.9 Å². The van der Waals surface area contributed by atoms with Gasteiger partial charge in [-0.15, -0.1) is 0 Å². The fourth-order valence-corrected chi connectivity index (χ4v) is 2.55. The molecule has 0 saturated heterocycles. The molecule has 2 rings (SSSR count). The molecule has 0 bridgehead atoms. The number of rotatable bonds is 1. The Balaban J connectivity index is 2.51. The number of pyridine rings is 1. The maximum atomic E-state index is 3.97. The van der Waals surface area contributed by atoms with Crippen LogP contribution in [0.1, 0.15) is 0 Å². The predicted molar refractivity (Wildman–Crippen MR) is 55.3 cm³/mol. The highest BCUT2D eigenvalue weighted by Gasteiger charge is 2.01. The zero-order valence-corrected chi connectivity index (χ0v) is 8.60. The summed E-state index contributed by atoms with van der Waals surface area (Å²) in [4.78, 5) is 3.97. The zero-order chi connectivity index (χ0) is 8.39. The first kappa shape index (κ1) is 7.95. The van der Waals surface area contributed by atoms with Gasteiger partial charge in [-0.25, -0.2) is 0 Å². The monoisotopic (exact) mass is 239 g/mol. The number of nitrogens with zero attached hydrogens (tertiary/aromatic N) is 1. The standard InChI is InChI=1S/C9H6BrNS/c10-9-6-12-5-8(9)7-1-3-11-4-2-7/h1-6H. The van der Waals surface area contributed by atoms with Gasteiger partial charge in [-0.2, -0.15) is 11.3 Å². The number of hydrogen-bond donors (Lipinski definition) is 0. The predicted octanol–water partition coefficient (Wildman–Crippen LogP) is 3.57. The summed E-state index contributed by atoms with van der Waals surface area (Å²) >= 11 is 5.19. The van der Waals surface area contributed by atoms with Crippen molar-refractivity contribution in [3.63, 3.8) is 0 Å². The fraction of sp³-hybridized carbons (Fsp3) is 0. The van der Waals surface area contributed by atoms with E-state index in [1.807, 2.05) is 12.1 Å². The van der Waals surface area contributed by atoms with Crippen molar-refractivity contribution in [2.45, 2.75) is 0 Å². The van der Waals surface area contributed by atoms with E-state index in [4.69, 9.17) is 0 Å². The zero-order valence-electron chi connectivity index (χ0n) is 6.20. The minimum atomic E-state index is 1.15. The fourth-order valence-electron chi connectivity index (χ4n) is 1.02. The van der Waals surface area contributed by atoms with E-state index in [2.05, 4.69) is 31.7 Å². The summed E-state index contributed by atoms with van der Waals surface area (Å²) in [5, 5.41) is 4.20. The SMILES string of the molecule is Brc1cscc1-c1ccncc1. The van der Waals surface area contributed by atoms with E-state index in [1.165, 1.54) is 11.1 Å². The molecule has 0 aliphatic rings. The summed E-state index contributed by atoms with van der Waals surface area (Å²) in [5.41, 5.74) is 2.44. The molecule has 1 nitrogen and oxygen atoms in total. The van der Waals surface area contributed by atoms with Gasteiger partial charge in [0.1, 0.15) is 0 Å². The van der Waals surface area contributed by atoms with Crippen molar-refractivity contribution in [3.05, 3.63) is 39.8 Å². The molecule has 0 saturated carbocycles. The molecule has 0 atom stereocenters. The molecular weight excluding hydrogens is 234 g/mol. The van der Waals surface area contributed by atoms with Crippen molar-refractivity contribution in [1.29, 1.82) is 0 Å². The first-order valence-corrected chi connectivity index (χ1v) is 5.23. The first-order chi connectivity index (χ1) is 5.88. The van der Waals surface area contributed by atoms with Crippen LogP contribution < -0.4 is 0 Å². The van der Waals surface area contributed by atoms with E-state index in [1.54, 1.807) is 23.7 Å². The summed E-state index contributed by atoms with van der Waals surface area (Å²) in [6.45, 7) is 0. The molecule has 0 unspecified atom stereocenters. The van der Waals surface area contributed by atoms with Gasteiger partial charge in [0.2, 0.25) is 0 Å². The third kappa shape index (κ3) is 1.42. The molecule has 60 valence electrons. The molecule has 0 aliphatic heterocycles. The van der Waals surface area contributed by atoms with Gasteiger partial charge in [0.25, 0.3) is 0 Å². The van der Waals surface area contributed by atoms with Crippen LogP contribution in [0.4, 0.5) is 0 Å². The highest BCUT2D eigenvalue weighted by atomic mass is 79.9. The Hall–Kier alpha value is -0.670. The van der Waals surface area contributed by atoms with Crippen LogP contribution in [0.15, 0.2) is 39.8 Å². The van der Waals surface area contributed by atoms with Crippen LogP contribution in [0.2, 0.25) is 0 Å². The first-order valence-electron chi connectivity index (χ1n) is 3.50. The molecule has 0 N–H and O–H groups in total. The maximum absolute atomic E-state index is 3.97. The van der Waals surface area contributed by atoms with E-state index in [9.17, 15) is 0 Å². The van der Waals surface area contributed by atoms with Crippen LogP contribution in [0, 0.1) is 0 Å². The number of thiophene rings is 1. The molecular formula is C9H6BrNS. The van der Waals surface area contributed by atoms with Crippen LogP contribution in [-0.4, -0.2) is 4.98 Å². The van der Waals surface area contributed by atoms with Crippen LogP contribution in [-0.2, 0) is 0 Å². The normalized spacial score (nSPS) is 10.1. The van der Waals surface area contributed by atoms with E-state index in [-0.39, 0.29) is 0 Å². The van der Waals surface area contributed by atoms with E-state index in [0.29, 0.717) is 0 Å².